The summed E-state index contributed by atoms with van der Waals surface area (Å²) in [5.41, 5.74) is 2.88. The standard InChI is InChI=1S/C25H28O4/c1-3-28-23(26)16-15-19(24(27)29-4-2)17-22-18-25(22,20-11-7-5-8-12-20)21-13-9-6-10-14-21/h5-14,17,22H,3-4,15-16,18H2,1-2H3. The van der Waals surface area contributed by atoms with Gasteiger partial charge in [0.1, 0.15) is 0 Å². The van der Waals surface area contributed by atoms with E-state index in [4.69, 9.17) is 9.47 Å². The summed E-state index contributed by atoms with van der Waals surface area (Å²) in [7, 11) is 0. The van der Waals surface area contributed by atoms with Gasteiger partial charge >= 0.3 is 11.9 Å². The third-order valence-corrected chi connectivity index (χ3v) is 5.44. The second-order valence-corrected chi connectivity index (χ2v) is 7.23. The van der Waals surface area contributed by atoms with E-state index in [0.29, 0.717) is 25.2 Å². The molecule has 0 aromatic heterocycles. The van der Waals surface area contributed by atoms with Crippen LogP contribution in [0.3, 0.4) is 0 Å². The maximum absolute atomic E-state index is 12.5. The molecule has 0 heterocycles. The van der Waals surface area contributed by atoms with Crippen LogP contribution in [0.4, 0.5) is 0 Å². The van der Waals surface area contributed by atoms with Gasteiger partial charge in [0.05, 0.1) is 13.2 Å². The SMILES string of the molecule is CCOC(=O)CCC(=CC1CC1(c1ccccc1)c1ccccc1)C(=O)OCC. The van der Waals surface area contributed by atoms with Crippen LogP contribution in [0, 0.1) is 5.92 Å². The smallest absolute Gasteiger partial charge is 0.333 e. The molecule has 1 aliphatic rings. The largest absolute Gasteiger partial charge is 0.466 e. The van der Waals surface area contributed by atoms with Crippen LogP contribution in [-0.4, -0.2) is 25.2 Å². The highest BCUT2D eigenvalue weighted by Gasteiger charge is 2.55. The Kier molecular flexibility index (Phi) is 6.86. The molecule has 3 rings (SSSR count). The van der Waals surface area contributed by atoms with Crippen molar-refractivity contribution >= 4 is 11.9 Å². The zero-order valence-electron chi connectivity index (χ0n) is 17.1. The first-order valence-electron chi connectivity index (χ1n) is 10.3. The Morgan fingerprint density at radius 1 is 0.897 bits per heavy atom. The zero-order chi connectivity index (χ0) is 20.7. The van der Waals surface area contributed by atoms with Gasteiger partial charge in [0.2, 0.25) is 0 Å². The van der Waals surface area contributed by atoms with E-state index >= 15 is 0 Å². The number of carbonyl (C=O) groups excluding carboxylic acids is 2. The molecule has 29 heavy (non-hydrogen) atoms. The average molecular weight is 392 g/mol. The predicted octanol–water partition coefficient (Wildman–Crippen LogP) is 4.83. The van der Waals surface area contributed by atoms with Crippen molar-refractivity contribution in [2.45, 2.75) is 38.5 Å². The van der Waals surface area contributed by atoms with Crippen molar-refractivity contribution in [2.75, 3.05) is 13.2 Å². The summed E-state index contributed by atoms with van der Waals surface area (Å²) in [4.78, 5) is 24.3. The third kappa shape index (κ3) is 4.76. The van der Waals surface area contributed by atoms with Gasteiger partial charge in [-0.15, -0.1) is 0 Å². The minimum Gasteiger partial charge on any atom is -0.466 e. The first kappa shape index (κ1) is 20.8. The molecule has 0 amide bonds. The summed E-state index contributed by atoms with van der Waals surface area (Å²) in [5, 5.41) is 0. The van der Waals surface area contributed by atoms with Crippen molar-refractivity contribution in [3.63, 3.8) is 0 Å². The van der Waals surface area contributed by atoms with E-state index in [1.54, 1.807) is 13.8 Å². The number of carbonyl (C=O) groups is 2. The van der Waals surface area contributed by atoms with Crippen LogP contribution >= 0.6 is 0 Å². The fraction of sp³-hybridized carbons (Fsp3) is 0.360. The van der Waals surface area contributed by atoms with Crippen molar-refractivity contribution in [2.24, 2.45) is 5.92 Å². The molecule has 0 N–H and O–H groups in total. The highest BCUT2D eigenvalue weighted by Crippen LogP contribution is 2.59. The molecule has 1 atom stereocenters. The Hall–Kier alpha value is -2.88. The van der Waals surface area contributed by atoms with E-state index in [1.165, 1.54) is 11.1 Å². The molecular formula is C25H28O4. The number of hydrogen-bond acceptors (Lipinski definition) is 4. The molecule has 4 nitrogen and oxygen atoms in total. The summed E-state index contributed by atoms with van der Waals surface area (Å²) in [6.45, 7) is 4.21. The molecule has 0 saturated heterocycles. The quantitative estimate of drug-likeness (QED) is 0.453. The Balaban J connectivity index is 1.90. The van der Waals surface area contributed by atoms with Gasteiger partial charge in [-0.2, -0.15) is 0 Å². The van der Waals surface area contributed by atoms with Gasteiger partial charge in [-0.25, -0.2) is 4.79 Å². The Morgan fingerprint density at radius 3 is 1.97 bits per heavy atom. The van der Waals surface area contributed by atoms with Gasteiger partial charge in [0.15, 0.2) is 0 Å². The van der Waals surface area contributed by atoms with Gasteiger partial charge in [-0.3, -0.25) is 4.79 Å². The summed E-state index contributed by atoms with van der Waals surface area (Å²) in [6.07, 6.45) is 3.43. The van der Waals surface area contributed by atoms with E-state index in [9.17, 15) is 9.59 Å². The van der Waals surface area contributed by atoms with Crippen molar-refractivity contribution in [3.05, 3.63) is 83.4 Å². The minimum atomic E-state index is -0.348. The minimum absolute atomic E-state index is 0.149. The van der Waals surface area contributed by atoms with Crippen LogP contribution in [-0.2, 0) is 24.5 Å². The van der Waals surface area contributed by atoms with Gasteiger partial charge in [-0.05, 0) is 43.7 Å². The number of allylic oxidation sites excluding steroid dienone is 1. The molecule has 1 saturated carbocycles. The molecule has 2 aromatic rings. The second kappa shape index (κ2) is 9.55. The molecular weight excluding hydrogens is 364 g/mol. The lowest BCUT2D eigenvalue weighted by Crippen LogP contribution is -2.14. The Morgan fingerprint density at radius 2 is 1.45 bits per heavy atom. The Bertz CT molecular complexity index is 815. The number of esters is 2. The monoisotopic (exact) mass is 392 g/mol. The maximum atomic E-state index is 12.5. The molecule has 0 aliphatic heterocycles. The van der Waals surface area contributed by atoms with Crippen LogP contribution in [0.15, 0.2) is 72.3 Å². The normalized spacial score (nSPS) is 17.4. The van der Waals surface area contributed by atoms with Gasteiger partial charge in [0, 0.05) is 17.4 Å². The highest BCUT2D eigenvalue weighted by atomic mass is 16.5. The van der Waals surface area contributed by atoms with E-state index < -0.39 is 0 Å². The van der Waals surface area contributed by atoms with Crippen LogP contribution in [0.2, 0.25) is 0 Å². The van der Waals surface area contributed by atoms with Crippen LogP contribution in [0.1, 0.15) is 44.2 Å². The van der Waals surface area contributed by atoms with Crippen LogP contribution in [0.25, 0.3) is 0 Å². The molecule has 2 aromatic carbocycles. The van der Waals surface area contributed by atoms with Gasteiger partial charge in [0.25, 0.3) is 0 Å². The molecule has 0 radical (unpaired) electrons. The summed E-state index contributed by atoms with van der Waals surface area (Å²) >= 11 is 0. The fourth-order valence-electron chi connectivity index (χ4n) is 3.98. The van der Waals surface area contributed by atoms with Crippen molar-refractivity contribution in [3.8, 4) is 0 Å². The first-order chi connectivity index (χ1) is 14.1. The number of benzene rings is 2. The number of rotatable bonds is 9. The van der Waals surface area contributed by atoms with Crippen LogP contribution < -0.4 is 0 Å². The summed E-state index contributed by atoms with van der Waals surface area (Å²) in [6, 6.07) is 20.8. The summed E-state index contributed by atoms with van der Waals surface area (Å²) in [5.74, 6) is -0.469. The van der Waals surface area contributed by atoms with Crippen molar-refractivity contribution in [1.82, 2.24) is 0 Å². The van der Waals surface area contributed by atoms with Gasteiger partial charge in [-0.1, -0.05) is 66.7 Å². The van der Waals surface area contributed by atoms with E-state index in [0.717, 1.165) is 6.42 Å². The highest BCUT2D eigenvalue weighted by molar-refractivity contribution is 5.89. The number of ether oxygens (including phenoxy) is 2. The van der Waals surface area contributed by atoms with E-state index in [-0.39, 0.29) is 29.7 Å². The molecule has 4 heteroatoms. The average Bonchev–Trinajstić information content (AvgIpc) is 3.48. The molecule has 0 bridgehead atoms. The van der Waals surface area contributed by atoms with E-state index in [2.05, 4.69) is 24.3 Å². The topological polar surface area (TPSA) is 52.6 Å². The molecule has 1 fully saturated rings. The van der Waals surface area contributed by atoms with Crippen LogP contribution in [0.5, 0.6) is 0 Å². The predicted molar refractivity (Wildman–Crippen MR) is 112 cm³/mol. The Labute approximate surface area is 172 Å². The second-order valence-electron chi connectivity index (χ2n) is 7.23. The fourth-order valence-corrected chi connectivity index (χ4v) is 3.98. The zero-order valence-corrected chi connectivity index (χ0v) is 17.1. The van der Waals surface area contributed by atoms with E-state index in [1.807, 2.05) is 42.5 Å². The lowest BCUT2D eigenvalue weighted by atomic mass is 9.85. The molecule has 1 unspecified atom stereocenters. The third-order valence-electron chi connectivity index (χ3n) is 5.44. The molecule has 1 aliphatic carbocycles. The maximum Gasteiger partial charge on any atom is 0.333 e. The summed E-state index contributed by atoms with van der Waals surface area (Å²) < 4.78 is 10.3. The van der Waals surface area contributed by atoms with Crippen molar-refractivity contribution < 1.29 is 19.1 Å². The lowest BCUT2D eigenvalue weighted by molar-refractivity contribution is -0.143. The lowest BCUT2D eigenvalue weighted by Gasteiger charge is -2.18. The van der Waals surface area contributed by atoms with Gasteiger partial charge < -0.3 is 9.47 Å². The van der Waals surface area contributed by atoms with Crippen molar-refractivity contribution in [1.29, 1.82) is 0 Å². The molecule has 0 spiro atoms. The first-order valence-corrected chi connectivity index (χ1v) is 10.3. The molecule has 152 valence electrons. The number of hydrogen-bond donors (Lipinski definition) is 0.